The van der Waals surface area contributed by atoms with Crippen LogP contribution in [0.15, 0.2) is 36.7 Å². The Morgan fingerprint density at radius 1 is 1.20 bits per heavy atom. The van der Waals surface area contributed by atoms with Gasteiger partial charge in [-0.05, 0) is 31.2 Å². The molecule has 2 aromatic heterocycles. The van der Waals surface area contributed by atoms with E-state index in [2.05, 4.69) is 28.1 Å². The molecule has 3 heterocycles. The van der Waals surface area contributed by atoms with E-state index < -0.39 is 0 Å². The molecule has 0 bridgehead atoms. The van der Waals surface area contributed by atoms with Crippen LogP contribution in [-0.4, -0.2) is 31.2 Å². The van der Waals surface area contributed by atoms with Gasteiger partial charge in [-0.25, -0.2) is 9.97 Å². The zero-order valence-electron chi connectivity index (χ0n) is 14.6. The molecule has 0 saturated carbocycles. The summed E-state index contributed by atoms with van der Waals surface area (Å²) in [6, 6.07) is 7.71. The standard InChI is InChI=1S/C19H22N6/c1-13-16(10-24(2)23-13)12-25-8-7-18-15(11-25)9-21-19(22-18)14-3-5-17(20)6-4-14/h3-6,9-10H,7-8,11-12,20H2,1-2H3. The molecule has 2 N–H and O–H groups in total. The topological polar surface area (TPSA) is 72.9 Å². The van der Waals surface area contributed by atoms with E-state index in [9.17, 15) is 0 Å². The molecule has 25 heavy (non-hydrogen) atoms. The van der Waals surface area contributed by atoms with E-state index in [1.807, 2.05) is 42.2 Å². The minimum Gasteiger partial charge on any atom is -0.399 e. The first-order chi connectivity index (χ1) is 12.1. The number of anilines is 1. The quantitative estimate of drug-likeness (QED) is 0.744. The van der Waals surface area contributed by atoms with Crippen LogP contribution in [0.5, 0.6) is 0 Å². The minimum absolute atomic E-state index is 0.753. The summed E-state index contributed by atoms with van der Waals surface area (Å²) < 4.78 is 1.88. The summed E-state index contributed by atoms with van der Waals surface area (Å²) in [5, 5.41) is 4.43. The van der Waals surface area contributed by atoms with Gasteiger partial charge >= 0.3 is 0 Å². The molecular formula is C19H22N6. The van der Waals surface area contributed by atoms with Crippen LogP contribution in [0.25, 0.3) is 11.4 Å². The van der Waals surface area contributed by atoms with E-state index in [1.54, 1.807) is 0 Å². The fourth-order valence-corrected chi connectivity index (χ4v) is 3.33. The summed E-state index contributed by atoms with van der Waals surface area (Å²) in [5.41, 5.74) is 12.3. The van der Waals surface area contributed by atoms with E-state index in [1.165, 1.54) is 11.1 Å². The highest BCUT2D eigenvalue weighted by Crippen LogP contribution is 2.23. The fraction of sp³-hybridized carbons (Fsp3) is 0.316. The molecule has 0 aliphatic carbocycles. The molecule has 3 aromatic rings. The van der Waals surface area contributed by atoms with Crippen molar-refractivity contribution >= 4 is 5.69 Å². The normalized spacial score (nSPS) is 14.5. The van der Waals surface area contributed by atoms with Gasteiger partial charge in [0.1, 0.15) is 0 Å². The summed E-state index contributed by atoms with van der Waals surface area (Å²) in [7, 11) is 1.97. The van der Waals surface area contributed by atoms with Gasteiger partial charge in [0, 0.05) is 67.9 Å². The van der Waals surface area contributed by atoms with Gasteiger partial charge in [0.25, 0.3) is 0 Å². The minimum atomic E-state index is 0.753. The maximum atomic E-state index is 5.75. The van der Waals surface area contributed by atoms with Crippen molar-refractivity contribution < 1.29 is 0 Å². The van der Waals surface area contributed by atoms with Crippen molar-refractivity contribution in [3.63, 3.8) is 0 Å². The molecule has 0 saturated heterocycles. The Kier molecular flexibility index (Phi) is 3.97. The number of nitrogen functional groups attached to an aromatic ring is 1. The van der Waals surface area contributed by atoms with Crippen LogP contribution in [0.2, 0.25) is 0 Å². The van der Waals surface area contributed by atoms with Gasteiger partial charge in [-0.3, -0.25) is 9.58 Å². The summed E-state index contributed by atoms with van der Waals surface area (Å²) in [4.78, 5) is 11.8. The number of nitrogens with two attached hydrogens (primary N) is 1. The number of hydrogen-bond donors (Lipinski definition) is 1. The number of rotatable bonds is 3. The van der Waals surface area contributed by atoms with Crippen LogP contribution in [0.1, 0.15) is 22.5 Å². The van der Waals surface area contributed by atoms with Crippen molar-refractivity contribution in [2.45, 2.75) is 26.4 Å². The second-order valence-electron chi connectivity index (χ2n) is 6.66. The third-order valence-electron chi connectivity index (χ3n) is 4.69. The highest BCUT2D eigenvalue weighted by Gasteiger charge is 2.20. The van der Waals surface area contributed by atoms with E-state index in [4.69, 9.17) is 10.7 Å². The van der Waals surface area contributed by atoms with Crippen LogP contribution in [-0.2, 0) is 26.6 Å². The predicted octanol–water partition coefficient (Wildman–Crippen LogP) is 2.33. The van der Waals surface area contributed by atoms with Crippen molar-refractivity contribution in [1.29, 1.82) is 0 Å². The average molecular weight is 334 g/mol. The van der Waals surface area contributed by atoms with Gasteiger partial charge < -0.3 is 5.73 Å². The first-order valence-corrected chi connectivity index (χ1v) is 8.50. The lowest BCUT2D eigenvalue weighted by molar-refractivity contribution is 0.242. The molecule has 6 nitrogen and oxygen atoms in total. The van der Waals surface area contributed by atoms with Gasteiger partial charge in [-0.1, -0.05) is 0 Å². The SMILES string of the molecule is Cc1nn(C)cc1CN1CCc2nc(-c3ccc(N)cc3)ncc2C1. The molecular weight excluding hydrogens is 312 g/mol. The second-order valence-corrected chi connectivity index (χ2v) is 6.66. The van der Waals surface area contributed by atoms with E-state index in [-0.39, 0.29) is 0 Å². The van der Waals surface area contributed by atoms with Crippen molar-refractivity contribution in [2.24, 2.45) is 7.05 Å². The molecule has 0 atom stereocenters. The van der Waals surface area contributed by atoms with E-state index in [0.29, 0.717) is 0 Å². The molecule has 1 aliphatic heterocycles. The number of aromatic nitrogens is 4. The van der Waals surface area contributed by atoms with Crippen molar-refractivity contribution in [2.75, 3.05) is 12.3 Å². The summed E-state index contributed by atoms with van der Waals surface area (Å²) in [6.07, 6.45) is 5.01. The number of benzene rings is 1. The van der Waals surface area contributed by atoms with E-state index >= 15 is 0 Å². The predicted molar refractivity (Wildman–Crippen MR) is 97.6 cm³/mol. The number of aryl methyl sites for hydroxylation is 2. The Bertz CT molecular complexity index is 897. The van der Waals surface area contributed by atoms with Crippen molar-refractivity contribution in [1.82, 2.24) is 24.6 Å². The maximum Gasteiger partial charge on any atom is 0.159 e. The lowest BCUT2D eigenvalue weighted by atomic mass is 10.1. The van der Waals surface area contributed by atoms with Gasteiger partial charge in [0.05, 0.1) is 11.4 Å². The Morgan fingerprint density at radius 3 is 2.72 bits per heavy atom. The molecule has 1 aliphatic rings. The molecule has 128 valence electrons. The van der Waals surface area contributed by atoms with Gasteiger partial charge in [0.2, 0.25) is 0 Å². The number of nitrogens with zero attached hydrogens (tertiary/aromatic N) is 5. The molecule has 4 rings (SSSR count). The molecule has 6 heteroatoms. The third kappa shape index (κ3) is 3.25. The summed E-state index contributed by atoms with van der Waals surface area (Å²) in [6.45, 7) is 4.86. The zero-order chi connectivity index (χ0) is 17.4. The Labute approximate surface area is 147 Å². The molecule has 0 amide bonds. The van der Waals surface area contributed by atoms with Crippen LogP contribution in [0, 0.1) is 6.92 Å². The summed E-state index contributed by atoms with van der Waals surface area (Å²) >= 11 is 0. The van der Waals surface area contributed by atoms with Crippen molar-refractivity contribution in [3.8, 4) is 11.4 Å². The zero-order valence-corrected chi connectivity index (χ0v) is 14.6. The third-order valence-corrected chi connectivity index (χ3v) is 4.69. The highest BCUT2D eigenvalue weighted by atomic mass is 15.3. The first-order valence-electron chi connectivity index (χ1n) is 8.50. The fourth-order valence-electron chi connectivity index (χ4n) is 3.33. The summed E-state index contributed by atoms with van der Waals surface area (Å²) in [5.74, 6) is 0.773. The molecule has 0 fully saturated rings. The largest absolute Gasteiger partial charge is 0.399 e. The van der Waals surface area contributed by atoms with Crippen LogP contribution >= 0.6 is 0 Å². The molecule has 0 spiro atoms. The number of hydrogen-bond acceptors (Lipinski definition) is 5. The Balaban J connectivity index is 1.52. The van der Waals surface area contributed by atoms with E-state index in [0.717, 1.165) is 54.5 Å². The average Bonchev–Trinajstić information content (AvgIpc) is 2.92. The molecule has 0 unspecified atom stereocenters. The van der Waals surface area contributed by atoms with Gasteiger partial charge in [-0.15, -0.1) is 0 Å². The van der Waals surface area contributed by atoms with Crippen molar-refractivity contribution in [3.05, 3.63) is 59.2 Å². The Hall–Kier alpha value is -2.73. The number of fused-ring (bicyclic) bond motifs is 1. The Morgan fingerprint density at radius 2 is 2.00 bits per heavy atom. The smallest absolute Gasteiger partial charge is 0.159 e. The lowest BCUT2D eigenvalue weighted by Gasteiger charge is -2.27. The molecule has 1 aromatic carbocycles. The van der Waals surface area contributed by atoms with Gasteiger partial charge in [0.15, 0.2) is 5.82 Å². The van der Waals surface area contributed by atoms with Gasteiger partial charge in [-0.2, -0.15) is 5.10 Å². The maximum absolute atomic E-state index is 5.75. The van der Waals surface area contributed by atoms with Crippen LogP contribution in [0.3, 0.4) is 0 Å². The second kappa shape index (κ2) is 6.29. The molecule has 0 radical (unpaired) electrons. The van der Waals surface area contributed by atoms with Crippen LogP contribution < -0.4 is 5.73 Å². The lowest BCUT2D eigenvalue weighted by Crippen LogP contribution is -2.31. The van der Waals surface area contributed by atoms with Crippen LogP contribution in [0.4, 0.5) is 5.69 Å². The first kappa shape index (κ1) is 15.8. The monoisotopic (exact) mass is 334 g/mol. The highest BCUT2D eigenvalue weighted by molar-refractivity contribution is 5.58.